The van der Waals surface area contributed by atoms with Gasteiger partial charge in [-0.15, -0.1) is 0 Å². The number of nitrogens with two attached hydrogens (primary N) is 1. The number of para-hydroxylation sites is 1. The summed E-state index contributed by atoms with van der Waals surface area (Å²) in [4.78, 5) is 3.92. The summed E-state index contributed by atoms with van der Waals surface area (Å²) in [7, 11) is 0. The van der Waals surface area contributed by atoms with Gasteiger partial charge in [0.05, 0.1) is 21.4 Å². The molecule has 2 rings (SSSR count). The highest BCUT2D eigenvalue weighted by Crippen LogP contribution is 2.36. The molecule has 0 saturated carbocycles. The molecule has 0 bridgehead atoms. The van der Waals surface area contributed by atoms with Crippen molar-refractivity contribution in [3.8, 4) is 11.5 Å². The van der Waals surface area contributed by atoms with E-state index in [1.807, 2.05) is 12.1 Å². The Labute approximate surface area is 106 Å². The highest BCUT2D eigenvalue weighted by Gasteiger charge is 2.09. The van der Waals surface area contributed by atoms with Crippen molar-refractivity contribution in [1.82, 2.24) is 4.98 Å². The summed E-state index contributed by atoms with van der Waals surface area (Å²) in [5.74, 6) is 1.07. The van der Waals surface area contributed by atoms with Crippen LogP contribution in [0.3, 0.4) is 0 Å². The van der Waals surface area contributed by atoms with Gasteiger partial charge in [-0.25, -0.2) is 0 Å². The molecule has 0 aliphatic carbocycles. The van der Waals surface area contributed by atoms with Crippen molar-refractivity contribution in [2.45, 2.75) is 0 Å². The van der Waals surface area contributed by atoms with E-state index in [0.29, 0.717) is 26.7 Å². The quantitative estimate of drug-likeness (QED) is 0.915. The highest BCUT2D eigenvalue weighted by molar-refractivity contribution is 9.10. The lowest BCUT2D eigenvalue weighted by molar-refractivity contribution is 0.481. The van der Waals surface area contributed by atoms with Crippen LogP contribution in [0.2, 0.25) is 5.02 Å². The third kappa shape index (κ3) is 2.28. The zero-order chi connectivity index (χ0) is 11.5. The summed E-state index contributed by atoms with van der Waals surface area (Å²) >= 11 is 9.30. The van der Waals surface area contributed by atoms with Crippen LogP contribution in [0.4, 0.5) is 5.69 Å². The molecule has 0 amide bonds. The van der Waals surface area contributed by atoms with Gasteiger partial charge in [0.25, 0.3) is 0 Å². The number of hydrogen-bond donors (Lipinski definition) is 1. The number of hydrogen-bond acceptors (Lipinski definition) is 3. The molecule has 0 aliphatic heterocycles. The number of nitrogens with zero attached hydrogens (tertiary/aromatic N) is 1. The average Bonchev–Trinajstić information content (AvgIpc) is 2.26. The van der Waals surface area contributed by atoms with Crippen molar-refractivity contribution in [3.05, 3.63) is 46.2 Å². The second kappa shape index (κ2) is 4.72. The van der Waals surface area contributed by atoms with Crippen LogP contribution >= 0.6 is 27.5 Å². The molecule has 5 heteroatoms. The monoisotopic (exact) mass is 298 g/mol. The Morgan fingerprint density at radius 1 is 1.25 bits per heavy atom. The van der Waals surface area contributed by atoms with E-state index in [9.17, 15) is 0 Å². The Hall–Kier alpha value is -1.26. The predicted molar refractivity (Wildman–Crippen MR) is 67.9 cm³/mol. The van der Waals surface area contributed by atoms with Crippen molar-refractivity contribution in [1.29, 1.82) is 0 Å². The first kappa shape index (κ1) is 11.2. The summed E-state index contributed by atoms with van der Waals surface area (Å²) in [5.41, 5.74) is 6.21. The maximum Gasteiger partial charge on any atom is 0.167 e. The molecule has 0 saturated heterocycles. The fourth-order valence-corrected chi connectivity index (χ4v) is 1.79. The normalized spacial score (nSPS) is 10.1. The standard InChI is InChI=1S/C11H8BrClN2O/c12-7-5-15-6-9(14)11(7)16-10-4-2-1-3-8(10)13/h1-6H,14H2. The first-order chi connectivity index (χ1) is 7.68. The van der Waals surface area contributed by atoms with E-state index in [1.165, 1.54) is 6.20 Å². The summed E-state index contributed by atoms with van der Waals surface area (Å²) in [6.45, 7) is 0. The Bertz CT molecular complexity index is 499. The predicted octanol–water partition coefficient (Wildman–Crippen LogP) is 3.87. The van der Waals surface area contributed by atoms with Gasteiger partial charge in [-0.2, -0.15) is 0 Å². The molecule has 0 spiro atoms. The first-order valence-electron chi connectivity index (χ1n) is 4.50. The zero-order valence-electron chi connectivity index (χ0n) is 8.15. The van der Waals surface area contributed by atoms with Crippen LogP contribution in [-0.2, 0) is 0 Å². The first-order valence-corrected chi connectivity index (χ1v) is 5.67. The van der Waals surface area contributed by atoms with Gasteiger partial charge >= 0.3 is 0 Å². The number of anilines is 1. The third-order valence-electron chi connectivity index (χ3n) is 1.93. The van der Waals surface area contributed by atoms with E-state index >= 15 is 0 Å². The minimum absolute atomic E-state index is 0.453. The number of benzene rings is 1. The lowest BCUT2D eigenvalue weighted by Crippen LogP contribution is -1.94. The number of aromatic nitrogens is 1. The maximum absolute atomic E-state index is 5.98. The van der Waals surface area contributed by atoms with Gasteiger partial charge in [0, 0.05) is 6.20 Å². The summed E-state index contributed by atoms with van der Waals surface area (Å²) in [6, 6.07) is 7.20. The van der Waals surface area contributed by atoms with Crippen LogP contribution in [-0.4, -0.2) is 4.98 Å². The smallest absolute Gasteiger partial charge is 0.167 e. The molecule has 1 aromatic heterocycles. The fraction of sp³-hybridized carbons (Fsp3) is 0. The molecule has 0 atom stereocenters. The number of halogens is 2. The molecule has 1 heterocycles. The molecule has 0 radical (unpaired) electrons. The molecular weight excluding hydrogens is 291 g/mol. The Morgan fingerprint density at radius 3 is 2.69 bits per heavy atom. The van der Waals surface area contributed by atoms with Crippen LogP contribution in [0.25, 0.3) is 0 Å². The largest absolute Gasteiger partial charge is 0.452 e. The van der Waals surface area contributed by atoms with E-state index in [4.69, 9.17) is 22.1 Å². The molecule has 0 unspecified atom stereocenters. The van der Waals surface area contributed by atoms with Gasteiger partial charge in [-0.1, -0.05) is 23.7 Å². The van der Waals surface area contributed by atoms with Gasteiger partial charge in [-0.3, -0.25) is 4.98 Å². The van der Waals surface area contributed by atoms with Crippen molar-refractivity contribution < 1.29 is 4.74 Å². The van der Waals surface area contributed by atoms with Crippen molar-refractivity contribution in [2.24, 2.45) is 0 Å². The molecule has 0 aliphatic rings. The van der Waals surface area contributed by atoms with E-state index in [0.717, 1.165) is 0 Å². The SMILES string of the molecule is Nc1cncc(Br)c1Oc1ccccc1Cl. The summed E-state index contributed by atoms with van der Waals surface area (Å²) in [6.07, 6.45) is 3.14. The number of pyridine rings is 1. The summed E-state index contributed by atoms with van der Waals surface area (Å²) < 4.78 is 6.31. The van der Waals surface area contributed by atoms with Crippen LogP contribution < -0.4 is 10.5 Å². The van der Waals surface area contributed by atoms with E-state index in [1.54, 1.807) is 18.3 Å². The van der Waals surface area contributed by atoms with Crippen LogP contribution in [0.5, 0.6) is 11.5 Å². The Kier molecular flexibility index (Phi) is 3.31. The maximum atomic E-state index is 5.98. The minimum atomic E-state index is 0.453. The molecule has 3 nitrogen and oxygen atoms in total. The second-order valence-electron chi connectivity index (χ2n) is 3.07. The van der Waals surface area contributed by atoms with Gasteiger partial charge in [0.15, 0.2) is 5.75 Å². The third-order valence-corrected chi connectivity index (χ3v) is 2.81. The molecule has 16 heavy (non-hydrogen) atoms. The van der Waals surface area contributed by atoms with Gasteiger partial charge < -0.3 is 10.5 Å². The number of rotatable bonds is 2. The number of ether oxygens (including phenoxy) is 1. The fourth-order valence-electron chi connectivity index (χ4n) is 1.18. The van der Waals surface area contributed by atoms with Gasteiger partial charge in [0.1, 0.15) is 5.75 Å². The Morgan fingerprint density at radius 2 is 2.00 bits per heavy atom. The average molecular weight is 300 g/mol. The molecule has 2 N–H and O–H groups in total. The van der Waals surface area contributed by atoms with Crippen molar-refractivity contribution in [2.75, 3.05) is 5.73 Å². The topological polar surface area (TPSA) is 48.1 Å². The molecule has 2 aromatic rings. The van der Waals surface area contributed by atoms with Crippen molar-refractivity contribution >= 4 is 33.2 Å². The summed E-state index contributed by atoms with van der Waals surface area (Å²) in [5, 5.41) is 0.533. The Balaban J connectivity index is 2.38. The van der Waals surface area contributed by atoms with E-state index in [2.05, 4.69) is 20.9 Å². The minimum Gasteiger partial charge on any atom is -0.452 e. The van der Waals surface area contributed by atoms with Gasteiger partial charge in [0.2, 0.25) is 0 Å². The van der Waals surface area contributed by atoms with E-state index < -0.39 is 0 Å². The van der Waals surface area contributed by atoms with Gasteiger partial charge in [-0.05, 0) is 28.1 Å². The zero-order valence-corrected chi connectivity index (χ0v) is 10.5. The van der Waals surface area contributed by atoms with Crippen LogP contribution in [0.1, 0.15) is 0 Å². The lowest BCUT2D eigenvalue weighted by Gasteiger charge is -2.10. The molecule has 0 fully saturated rings. The molecule has 1 aromatic carbocycles. The van der Waals surface area contributed by atoms with Crippen molar-refractivity contribution in [3.63, 3.8) is 0 Å². The van der Waals surface area contributed by atoms with E-state index in [-0.39, 0.29) is 0 Å². The van der Waals surface area contributed by atoms with Crippen LogP contribution in [0.15, 0.2) is 41.1 Å². The second-order valence-corrected chi connectivity index (χ2v) is 4.33. The molecular formula is C11H8BrClN2O. The van der Waals surface area contributed by atoms with Crippen LogP contribution in [0, 0.1) is 0 Å². The number of nitrogen functional groups attached to an aromatic ring is 1. The highest BCUT2D eigenvalue weighted by atomic mass is 79.9. The molecule has 82 valence electrons. The lowest BCUT2D eigenvalue weighted by atomic mass is 10.3.